The topological polar surface area (TPSA) is 31.2 Å². The van der Waals surface area contributed by atoms with Crippen LogP contribution < -0.4 is 4.74 Å². The molecule has 0 aliphatic carbocycles. The van der Waals surface area contributed by atoms with E-state index in [-0.39, 0.29) is 5.97 Å². The number of nitrogens with zero attached hydrogens (tertiary/aromatic N) is 1. The molecule has 1 unspecified atom stereocenters. The smallest absolute Gasteiger partial charge is 0.311 e. The van der Waals surface area contributed by atoms with E-state index in [4.69, 9.17) is 4.74 Å². The van der Waals surface area contributed by atoms with Crippen LogP contribution in [-0.4, -0.2) is 10.5 Å². The van der Waals surface area contributed by atoms with E-state index in [9.17, 15) is 4.79 Å². The molecule has 1 aromatic heterocycles. The highest BCUT2D eigenvalue weighted by Gasteiger charge is 2.11. The maximum absolute atomic E-state index is 11.7. The average Bonchev–Trinajstić information content (AvgIpc) is 2.80. The summed E-state index contributed by atoms with van der Waals surface area (Å²) in [6.07, 6.45) is 4.90. The van der Waals surface area contributed by atoms with Gasteiger partial charge in [0.05, 0.1) is 0 Å². The molecule has 1 aromatic carbocycles. The first-order valence-corrected chi connectivity index (χ1v) is 7.82. The average molecular weight is 287 g/mol. The lowest BCUT2D eigenvalue weighted by Gasteiger charge is -2.14. The second kappa shape index (κ2) is 6.79. The molecule has 0 bridgehead atoms. The SMILES string of the molecule is CCCC(C)n1ccc2cc(OC(=O)CC(C)C)ccc21. The Balaban J connectivity index is 2.18. The van der Waals surface area contributed by atoms with Crippen molar-refractivity contribution in [3.8, 4) is 5.75 Å². The first kappa shape index (κ1) is 15.6. The quantitative estimate of drug-likeness (QED) is 0.556. The summed E-state index contributed by atoms with van der Waals surface area (Å²) in [5.41, 5.74) is 1.19. The number of aromatic nitrogens is 1. The van der Waals surface area contributed by atoms with E-state index in [1.54, 1.807) is 0 Å². The number of hydrogen-bond donors (Lipinski definition) is 0. The monoisotopic (exact) mass is 287 g/mol. The number of benzene rings is 1. The van der Waals surface area contributed by atoms with Crippen molar-refractivity contribution in [3.63, 3.8) is 0 Å². The Morgan fingerprint density at radius 3 is 2.67 bits per heavy atom. The summed E-state index contributed by atoms with van der Waals surface area (Å²) in [7, 11) is 0. The lowest BCUT2D eigenvalue weighted by atomic mass is 10.1. The van der Waals surface area contributed by atoms with Crippen molar-refractivity contribution in [2.24, 2.45) is 5.92 Å². The van der Waals surface area contributed by atoms with Gasteiger partial charge in [0.25, 0.3) is 0 Å². The van der Waals surface area contributed by atoms with Gasteiger partial charge in [0.2, 0.25) is 0 Å². The van der Waals surface area contributed by atoms with Crippen LogP contribution >= 0.6 is 0 Å². The summed E-state index contributed by atoms with van der Waals surface area (Å²) in [6, 6.07) is 8.45. The lowest BCUT2D eigenvalue weighted by molar-refractivity contribution is -0.135. The molecule has 114 valence electrons. The minimum absolute atomic E-state index is 0.164. The zero-order valence-corrected chi connectivity index (χ0v) is 13.4. The molecular weight excluding hydrogens is 262 g/mol. The molecule has 3 nitrogen and oxygen atoms in total. The number of esters is 1. The Bertz CT molecular complexity index is 613. The third kappa shape index (κ3) is 3.87. The van der Waals surface area contributed by atoms with Crippen LogP contribution in [0.5, 0.6) is 5.75 Å². The van der Waals surface area contributed by atoms with Gasteiger partial charge in [-0.05, 0) is 43.5 Å². The fourth-order valence-corrected chi connectivity index (χ4v) is 2.65. The number of fused-ring (bicyclic) bond motifs is 1. The van der Waals surface area contributed by atoms with Crippen LogP contribution in [0.25, 0.3) is 10.9 Å². The van der Waals surface area contributed by atoms with Gasteiger partial charge in [-0.25, -0.2) is 0 Å². The second-order valence-electron chi connectivity index (χ2n) is 6.15. The summed E-state index contributed by atoms with van der Waals surface area (Å²) >= 11 is 0. The van der Waals surface area contributed by atoms with Crippen molar-refractivity contribution in [1.29, 1.82) is 0 Å². The molecule has 1 heterocycles. The molecular formula is C18H25NO2. The maximum Gasteiger partial charge on any atom is 0.311 e. The zero-order valence-electron chi connectivity index (χ0n) is 13.4. The van der Waals surface area contributed by atoms with Gasteiger partial charge < -0.3 is 9.30 Å². The largest absolute Gasteiger partial charge is 0.426 e. The summed E-state index contributed by atoms with van der Waals surface area (Å²) in [5.74, 6) is 0.786. The Hall–Kier alpha value is -1.77. The van der Waals surface area contributed by atoms with Crippen molar-refractivity contribution in [1.82, 2.24) is 4.57 Å². The van der Waals surface area contributed by atoms with E-state index in [0.29, 0.717) is 24.1 Å². The van der Waals surface area contributed by atoms with Crippen LogP contribution in [0.4, 0.5) is 0 Å². The predicted octanol–water partition coefficient (Wildman–Crippen LogP) is 4.95. The van der Waals surface area contributed by atoms with Crippen LogP contribution in [0, 0.1) is 5.92 Å². The van der Waals surface area contributed by atoms with E-state index in [1.807, 2.05) is 32.0 Å². The molecule has 0 spiro atoms. The first-order chi connectivity index (χ1) is 10.0. The van der Waals surface area contributed by atoms with Gasteiger partial charge in [0.15, 0.2) is 0 Å². The van der Waals surface area contributed by atoms with Crippen LogP contribution in [0.3, 0.4) is 0 Å². The molecule has 0 aliphatic heterocycles. The number of carbonyl (C=O) groups is 1. The fraction of sp³-hybridized carbons (Fsp3) is 0.500. The molecule has 3 heteroatoms. The second-order valence-corrected chi connectivity index (χ2v) is 6.15. The molecule has 0 radical (unpaired) electrons. The highest BCUT2D eigenvalue weighted by molar-refractivity contribution is 5.83. The Labute approximate surface area is 126 Å². The summed E-state index contributed by atoms with van der Waals surface area (Å²) in [4.78, 5) is 11.7. The summed E-state index contributed by atoms with van der Waals surface area (Å²) < 4.78 is 7.69. The molecule has 0 N–H and O–H groups in total. The molecule has 0 aliphatic rings. The normalized spacial score (nSPS) is 12.8. The zero-order chi connectivity index (χ0) is 15.4. The van der Waals surface area contributed by atoms with E-state index in [1.165, 1.54) is 11.9 Å². The highest BCUT2D eigenvalue weighted by atomic mass is 16.5. The van der Waals surface area contributed by atoms with Gasteiger partial charge in [0, 0.05) is 29.6 Å². The van der Waals surface area contributed by atoms with Crippen molar-refractivity contribution >= 4 is 16.9 Å². The fourth-order valence-electron chi connectivity index (χ4n) is 2.65. The van der Waals surface area contributed by atoms with Gasteiger partial charge in [-0.1, -0.05) is 27.2 Å². The minimum atomic E-state index is -0.164. The number of hydrogen-bond acceptors (Lipinski definition) is 2. The Kier molecular flexibility index (Phi) is 5.05. The third-order valence-corrected chi connectivity index (χ3v) is 3.68. The van der Waals surface area contributed by atoms with E-state index in [0.717, 1.165) is 11.8 Å². The molecule has 21 heavy (non-hydrogen) atoms. The van der Waals surface area contributed by atoms with Crippen molar-refractivity contribution in [2.45, 2.75) is 53.0 Å². The Morgan fingerprint density at radius 2 is 2.00 bits per heavy atom. The van der Waals surface area contributed by atoms with Crippen LogP contribution in [-0.2, 0) is 4.79 Å². The van der Waals surface area contributed by atoms with E-state index < -0.39 is 0 Å². The summed E-state index contributed by atoms with van der Waals surface area (Å²) in [5, 5.41) is 1.12. The van der Waals surface area contributed by atoms with Gasteiger partial charge in [-0.3, -0.25) is 4.79 Å². The van der Waals surface area contributed by atoms with Crippen molar-refractivity contribution in [3.05, 3.63) is 30.5 Å². The van der Waals surface area contributed by atoms with Gasteiger partial charge in [-0.15, -0.1) is 0 Å². The van der Waals surface area contributed by atoms with E-state index >= 15 is 0 Å². The van der Waals surface area contributed by atoms with Crippen molar-refractivity contribution < 1.29 is 9.53 Å². The van der Waals surface area contributed by atoms with Gasteiger partial charge in [0.1, 0.15) is 5.75 Å². The molecule has 0 fully saturated rings. The van der Waals surface area contributed by atoms with Crippen molar-refractivity contribution in [2.75, 3.05) is 0 Å². The van der Waals surface area contributed by atoms with Crippen LogP contribution in [0.2, 0.25) is 0 Å². The molecule has 0 saturated heterocycles. The molecule has 2 rings (SSSR count). The number of ether oxygens (including phenoxy) is 1. The van der Waals surface area contributed by atoms with Crippen LogP contribution in [0.15, 0.2) is 30.5 Å². The van der Waals surface area contributed by atoms with Gasteiger partial charge >= 0.3 is 5.97 Å². The maximum atomic E-state index is 11.7. The molecule has 1 atom stereocenters. The molecule has 0 saturated carbocycles. The number of rotatable bonds is 6. The van der Waals surface area contributed by atoms with Gasteiger partial charge in [-0.2, -0.15) is 0 Å². The lowest BCUT2D eigenvalue weighted by Crippen LogP contribution is -2.10. The minimum Gasteiger partial charge on any atom is -0.426 e. The van der Waals surface area contributed by atoms with E-state index in [2.05, 4.69) is 30.7 Å². The predicted molar refractivity (Wildman–Crippen MR) is 86.6 cm³/mol. The Morgan fingerprint density at radius 1 is 1.24 bits per heavy atom. The first-order valence-electron chi connectivity index (χ1n) is 7.82. The molecule has 0 amide bonds. The third-order valence-electron chi connectivity index (χ3n) is 3.68. The highest BCUT2D eigenvalue weighted by Crippen LogP contribution is 2.26. The standard InChI is InChI=1S/C18H25NO2/c1-5-6-14(4)19-10-9-15-12-16(7-8-17(15)19)21-18(20)11-13(2)3/h7-10,12-14H,5-6,11H2,1-4H3. The number of carbonyl (C=O) groups excluding carboxylic acids is 1. The summed E-state index contributed by atoms with van der Waals surface area (Å²) in [6.45, 7) is 8.47. The van der Waals surface area contributed by atoms with Crippen LogP contribution in [0.1, 0.15) is 53.0 Å². The molecule has 2 aromatic rings.